The second kappa shape index (κ2) is 7.95. The van der Waals surface area contributed by atoms with Gasteiger partial charge in [-0.25, -0.2) is 0 Å². The summed E-state index contributed by atoms with van der Waals surface area (Å²) in [5.74, 6) is 0. The van der Waals surface area contributed by atoms with Crippen LogP contribution in [0.3, 0.4) is 0 Å². The van der Waals surface area contributed by atoms with E-state index in [1.807, 2.05) is 18.2 Å². The van der Waals surface area contributed by atoms with E-state index in [1.165, 1.54) is 14.4 Å². The lowest BCUT2D eigenvalue weighted by Gasteiger charge is -2.16. The minimum atomic E-state index is 0.138. The van der Waals surface area contributed by atoms with E-state index >= 15 is 0 Å². The van der Waals surface area contributed by atoms with Crippen molar-refractivity contribution in [1.29, 1.82) is 10.5 Å². The first kappa shape index (κ1) is 16.5. The van der Waals surface area contributed by atoms with Gasteiger partial charge in [0.25, 0.3) is 0 Å². The standard InChI is InChI=1S/C16H17N3OS2/c1-3-5-20-6-4-19(2)16-9-15-14(22-16)8-13(21-15)7-12(10-17)11-18/h7-9H,3-6H2,1-2H3. The zero-order valence-corrected chi connectivity index (χ0v) is 14.3. The third-order valence-electron chi connectivity index (χ3n) is 3.04. The van der Waals surface area contributed by atoms with E-state index in [0.29, 0.717) is 0 Å². The van der Waals surface area contributed by atoms with E-state index in [2.05, 4.69) is 24.9 Å². The van der Waals surface area contributed by atoms with Crippen molar-refractivity contribution in [2.45, 2.75) is 13.3 Å². The SMILES string of the molecule is CCCOCCN(C)c1cc2sc(C=C(C#N)C#N)cc2s1. The highest BCUT2D eigenvalue weighted by atomic mass is 32.1. The highest BCUT2D eigenvalue weighted by molar-refractivity contribution is 7.30. The number of ether oxygens (including phenoxy) is 1. The van der Waals surface area contributed by atoms with Crippen LogP contribution in [0.1, 0.15) is 18.2 Å². The first-order valence-electron chi connectivity index (χ1n) is 7.02. The Balaban J connectivity index is 2.07. The van der Waals surface area contributed by atoms with Gasteiger partial charge < -0.3 is 9.64 Å². The Morgan fingerprint density at radius 3 is 2.59 bits per heavy atom. The molecule has 0 saturated carbocycles. The zero-order valence-electron chi connectivity index (χ0n) is 12.6. The maximum atomic E-state index is 8.80. The molecular formula is C16H17N3OS2. The number of likely N-dealkylation sites (N-methyl/N-ethyl adjacent to an activating group) is 1. The van der Waals surface area contributed by atoms with Crippen LogP contribution in [-0.2, 0) is 4.74 Å². The summed E-state index contributed by atoms with van der Waals surface area (Å²) in [6, 6.07) is 7.96. The van der Waals surface area contributed by atoms with Crippen molar-refractivity contribution in [3.63, 3.8) is 0 Å². The molecular weight excluding hydrogens is 314 g/mol. The van der Waals surface area contributed by atoms with Crippen LogP contribution in [0.15, 0.2) is 17.7 Å². The monoisotopic (exact) mass is 331 g/mol. The van der Waals surface area contributed by atoms with Gasteiger partial charge in [0.15, 0.2) is 0 Å². The average molecular weight is 331 g/mol. The molecule has 0 unspecified atom stereocenters. The van der Waals surface area contributed by atoms with E-state index in [0.717, 1.165) is 31.1 Å². The molecule has 0 saturated heterocycles. The van der Waals surface area contributed by atoms with Gasteiger partial charge in [-0.05, 0) is 24.6 Å². The van der Waals surface area contributed by atoms with Crippen molar-refractivity contribution in [3.05, 3.63) is 22.6 Å². The van der Waals surface area contributed by atoms with Crippen molar-refractivity contribution in [3.8, 4) is 12.1 Å². The molecule has 2 heterocycles. The number of nitrogens with zero attached hydrogens (tertiary/aromatic N) is 3. The Kier molecular flexibility index (Phi) is 5.97. The Labute approximate surface area is 138 Å². The van der Waals surface area contributed by atoms with Gasteiger partial charge in [-0.3, -0.25) is 0 Å². The third kappa shape index (κ3) is 4.08. The van der Waals surface area contributed by atoms with Gasteiger partial charge >= 0.3 is 0 Å². The molecule has 0 fully saturated rings. The largest absolute Gasteiger partial charge is 0.380 e. The molecule has 0 aliphatic carbocycles. The molecule has 2 rings (SSSR count). The second-order valence-electron chi connectivity index (χ2n) is 4.78. The molecule has 0 N–H and O–H groups in total. The van der Waals surface area contributed by atoms with E-state index in [1.54, 1.807) is 28.7 Å². The fourth-order valence-corrected chi connectivity index (χ4v) is 4.22. The summed E-state index contributed by atoms with van der Waals surface area (Å²) in [5, 5.41) is 18.8. The lowest BCUT2D eigenvalue weighted by Crippen LogP contribution is -2.21. The zero-order chi connectivity index (χ0) is 15.9. The van der Waals surface area contributed by atoms with Crippen LogP contribution in [0.25, 0.3) is 15.5 Å². The molecule has 0 aliphatic rings. The number of nitriles is 2. The van der Waals surface area contributed by atoms with Gasteiger partial charge in [0.1, 0.15) is 17.7 Å². The number of hydrogen-bond acceptors (Lipinski definition) is 6. The molecule has 0 spiro atoms. The van der Waals surface area contributed by atoms with Gasteiger partial charge in [-0.15, -0.1) is 22.7 Å². The number of anilines is 1. The van der Waals surface area contributed by atoms with Gasteiger partial charge in [0.05, 0.1) is 11.6 Å². The summed E-state index contributed by atoms with van der Waals surface area (Å²) in [5.41, 5.74) is 0.138. The number of thiophene rings is 2. The molecule has 2 aromatic heterocycles. The third-order valence-corrected chi connectivity index (χ3v) is 5.39. The van der Waals surface area contributed by atoms with Gasteiger partial charge in [-0.2, -0.15) is 10.5 Å². The quantitative estimate of drug-likeness (QED) is 0.562. The fraction of sp³-hybridized carbons (Fsp3) is 0.375. The summed E-state index contributed by atoms with van der Waals surface area (Å²) in [6.45, 7) is 4.52. The highest BCUT2D eigenvalue weighted by Gasteiger charge is 2.09. The molecule has 2 aromatic rings. The first-order valence-corrected chi connectivity index (χ1v) is 8.65. The minimum absolute atomic E-state index is 0.138. The topological polar surface area (TPSA) is 60.0 Å². The van der Waals surface area contributed by atoms with Crippen molar-refractivity contribution < 1.29 is 4.74 Å². The van der Waals surface area contributed by atoms with Crippen LogP contribution < -0.4 is 4.90 Å². The molecule has 6 heteroatoms. The Bertz CT molecular complexity index is 698. The summed E-state index contributed by atoms with van der Waals surface area (Å²) in [6.07, 6.45) is 2.68. The highest BCUT2D eigenvalue weighted by Crippen LogP contribution is 2.38. The molecule has 22 heavy (non-hydrogen) atoms. The predicted octanol–water partition coefficient (Wildman–Crippen LogP) is 4.26. The lowest BCUT2D eigenvalue weighted by molar-refractivity contribution is 0.141. The summed E-state index contributed by atoms with van der Waals surface area (Å²) in [7, 11) is 2.06. The fourth-order valence-electron chi connectivity index (χ4n) is 1.89. The van der Waals surface area contributed by atoms with Crippen molar-refractivity contribution in [2.75, 3.05) is 31.7 Å². The summed E-state index contributed by atoms with van der Waals surface area (Å²) >= 11 is 3.32. The molecule has 4 nitrogen and oxygen atoms in total. The van der Waals surface area contributed by atoms with Gasteiger partial charge in [0, 0.05) is 34.5 Å². The summed E-state index contributed by atoms with van der Waals surface area (Å²) in [4.78, 5) is 3.14. The van der Waals surface area contributed by atoms with Crippen LogP contribution >= 0.6 is 22.7 Å². The first-order chi connectivity index (χ1) is 10.7. The lowest BCUT2D eigenvalue weighted by atomic mass is 10.3. The number of hydrogen-bond donors (Lipinski definition) is 0. The minimum Gasteiger partial charge on any atom is -0.380 e. The molecule has 0 aliphatic heterocycles. The maximum absolute atomic E-state index is 8.80. The second-order valence-corrected chi connectivity index (χ2v) is 6.96. The molecule has 0 atom stereocenters. The van der Waals surface area contributed by atoms with Crippen molar-refractivity contribution in [2.24, 2.45) is 0 Å². The molecule has 0 radical (unpaired) electrons. The Morgan fingerprint density at radius 2 is 1.95 bits per heavy atom. The smallest absolute Gasteiger partial charge is 0.131 e. The summed E-state index contributed by atoms with van der Waals surface area (Å²) < 4.78 is 7.88. The van der Waals surface area contributed by atoms with Gasteiger partial charge in [-0.1, -0.05) is 6.92 Å². The Hall–Kier alpha value is -1.86. The van der Waals surface area contributed by atoms with Crippen LogP contribution in [-0.4, -0.2) is 26.8 Å². The van der Waals surface area contributed by atoms with E-state index < -0.39 is 0 Å². The number of allylic oxidation sites excluding steroid dienone is 1. The van der Waals surface area contributed by atoms with E-state index in [-0.39, 0.29) is 5.57 Å². The average Bonchev–Trinajstić information content (AvgIpc) is 3.07. The normalized spacial score (nSPS) is 10.2. The van der Waals surface area contributed by atoms with Crippen LogP contribution in [0.2, 0.25) is 0 Å². The van der Waals surface area contributed by atoms with Crippen molar-refractivity contribution >= 4 is 43.2 Å². The van der Waals surface area contributed by atoms with Crippen LogP contribution in [0.4, 0.5) is 5.00 Å². The predicted molar refractivity (Wildman–Crippen MR) is 93.3 cm³/mol. The van der Waals surface area contributed by atoms with Crippen LogP contribution in [0, 0.1) is 22.7 Å². The van der Waals surface area contributed by atoms with Gasteiger partial charge in [0.2, 0.25) is 0 Å². The van der Waals surface area contributed by atoms with Crippen molar-refractivity contribution in [1.82, 2.24) is 0 Å². The maximum Gasteiger partial charge on any atom is 0.131 e. The van der Waals surface area contributed by atoms with E-state index in [9.17, 15) is 0 Å². The Morgan fingerprint density at radius 1 is 1.23 bits per heavy atom. The number of rotatable bonds is 7. The molecule has 114 valence electrons. The molecule has 0 amide bonds. The molecule has 0 bridgehead atoms. The van der Waals surface area contributed by atoms with Crippen LogP contribution in [0.5, 0.6) is 0 Å². The van der Waals surface area contributed by atoms with E-state index in [4.69, 9.17) is 15.3 Å². The number of fused-ring (bicyclic) bond motifs is 1. The molecule has 0 aromatic carbocycles.